The van der Waals surface area contributed by atoms with Crippen molar-refractivity contribution in [3.8, 4) is 11.5 Å². The fraction of sp³-hybridized carbons (Fsp3) is 0.0769. The summed E-state index contributed by atoms with van der Waals surface area (Å²) in [6, 6.07) is 23.7. The fourth-order valence-corrected chi connectivity index (χ4v) is 3.27. The first kappa shape index (κ1) is 23.2. The van der Waals surface area contributed by atoms with Crippen molar-refractivity contribution in [3.05, 3.63) is 100 Å². The molecular formula is C26H23N5O4. The van der Waals surface area contributed by atoms with Crippen LogP contribution in [0.4, 0.5) is 28.8 Å². The van der Waals surface area contributed by atoms with Crippen LogP contribution in [0.15, 0.2) is 78.9 Å². The van der Waals surface area contributed by atoms with E-state index in [0.717, 1.165) is 5.56 Å². The smallest absolute Gasteiger partial charge is 0.337 e. The summed E-state index contributed by atoms with van der Waals surface area (Å²) in [6.45, 7) is 0. The lowest BCUT2D eigenvalue weighted by Crippen LogP contribution is -2.07. The highest BCUT2D eigenvalue weighted by Crippen LogP contribution is 2.32. The molecule has 176 valence electrons. The van der Waals surface area contributed by atoms with Crippen molar-refractivity contribution in [1.82, 2.24) is 9.97 Å². The molecule has 0 radical (unpaired) electrons. The first-order valence-electron chi connectivity index (χ1n) is 10.7. The second-order valence-electron chi connectivity index (χ2n) is 7.34. The Morgan fingerprint density at radius 2 is 1.34 bits per heavy atom. The van der Waals surface area contributed by atoms with E-state index in [0.29, 0.717) is 22.9 Å². The maximum Gasteiger partial charge on any atom is 0.337 e. The molecule has 0 unspecified atom stereocenters. The van der Waals surface area contributed by atoms with Gasteiger partial charge in [-0.25, -0.2) is 4.98 Å². The van der Waals surface area contributed by atoms with Gasteiger partial charge in [0, 0.05) is 11.4 Å². The third-order valence-corrected chi connectivity index (χ3v) is 5.03. The largest absolute Gasteiger partial charge is 0.497 e. The quantitative estimate of drug-likeness (QED) is 0.225. The molecule has 1 heterocycles. The highest BCUT2D eigenvalue weighted by Gasteiger charge is 2.24. The Kier molecular flexibility index (Phi) is 7.17. The van der Waals surface area contributed by atoms with E-state index >= 15 is 0 Å². The number of aromatic nitrogens is 2. The van der Waals surface area contributed by atoms with Crippen molar-refractivity contribution in [3.63, 3.8) is 0 Å². The average molecular weight is 470 g/mol. The minimum atomic E-state index is -0.492. The molecule has 4 rings (SSSR count). The lowest BCUT2D eigenvalue weighted by molar-refractivity contribution is -0.384. The van der Waals surface area contributed by atoms with E-state index in [-0.39, 0.29) is 23.1 Å². The zero-order valence-electron chi connectivity index (χ0n) is 19.1. The van der Waals surface area contributed by atoms with Crippen molar-refractivity contribution in [2.45, 2.75) is 0 Å². The second kappa shape index (κ2) is 10.8. The number of methoxy groups -OCH3 is 2. The van der Waals surface area contributed by atoms with Gasteiger partial charge in [0.15, 0.2) is 0 Å². The molecule has 0 aliphatic carbocycles. The summed E-state index contributed by atoms with van der Waals surface area (Å²) in [5.74, 6) is 1.62. The van der Waals surface area contributed by atoms with Crippen LogP contribution < -0.4 is 20.1 Å². The molecule has 0 spiro atoms. The van der Waals surface area contributed by atoms with E-state index in [1.54, 1.807) is 74.9 Å². The summed E-state index contributed by atoms with van der Waals surface area (Å²) < 4.78 is 10.4. The second-order valence-corrected chi connectivity index (χ2v) is 7.34. The summed E-state index contributed by atoms with van der Waals surface area (Å²) >= 11 is 0. The topological polar surface area (TPSA) is 111 Å². The van der Waals surface area contributed by atoms with Crippen LogP contribution in [0.5, 0.6) is 11.5 Å². The normalized spacial score (nSPS) is 10.7. The highest BCUT2D eigenvalue weighted by atomic mass is 16.6. The van der Waals surface area contributed by atoms with Gasteiger partial charge in [-0.05, 0) is 60.2 Å². The van der Waals surface area contributed by atoms with E-state index < -0.39 is 4.92 Å². The summed E-state index contributed by atoms with van der Waals surface area (Å²) in [7, 11) is 3.16. The number of rotatable bonds is 9. The van der Waals surface area contributed by atoms with E-state index in [2.05, 4.69) is 20.6 Å². The van der Waals surface area contributed by atoms with Crippen LogP contribution in [0.3, 0.4) is 0 Å². The number of anilines is 4. The van der Waals surface area contributed by atoms with Gasteiger partial charge < -0.3 is 20.1 Å². The molecule has 0 aliphatic heterocycles. The van der Waals surface area contributed by atoms with Crippen LogP contribution in [-0.4, -0.2) is 29.1 Å². The zero-order chi connectivity index (χ0) is 24.6. The third kappa shape index (κ3) is 5.91. The van der Waals surface area contributed by atoms with E-state index in [1.807, 2.05) is 30.3 Å². The van der Waals surface area contributed by atoms with E-state index in [4.69, 9.17) is 9.47 Å². The molecule has 0 fully saturated rings. The van der Waals surface area contributed by atoms with Gasteiger partial charge in [-0.15, -0.1) is 0 Å². The maximum absolute atomic E-state index is 12.1. The minimum Gasteiger partial charge on any atom is -0.497 e. The molecule has 0 atom stereocenters. The number of benzene rings is 3. The van der Waals surface area contributed by atoms with Gasteiger partial charge in [0.25, 0.3) is 0 Å². The molecule has 4 aromatic rings. The Hall–Kier alpha value is -4.92. The molecule has 0 amide bonds. The molecule has 0 bridgehead atoms. The van der Waals surface area contributed by atoms with Gasteiger partial charge in [0.2, 0.25) is 11.8 Å². The Morgan fingerprint density at radius 1 is 0.771 bits per heavy atom. The van der Waals surface area contributed by atoms with Crippen molar-refractivity contribution >= 4 is 41.0 Å². The lowest BCUT2D eigenvalue weighted by Gasteiger charge is -2.12. The first-order valence-corrected chi connectivity index (χ1v) is 10.7. The first-order chi connectivity index (χ1) is 17.1. The molecule has 35 heavy (non-hydrogen) atoms. The Bertz CT molecular complexity index is 1320. The SMILES string of the molecule is COc1ccc(Nc2nc(/C=C/c3ccccc3)c([N+](=O)[O-])c(Nc3ccc(OC)cc3)n2)cc1. The van der Waals surface area contributed by atoms with Crippen molar-refractivity contribution in [2.75, 3.05) is 24.9 Å². The lowest BCUT2D eigenvalue weighted by atomic mass is 10.2. The van der Waals surface area contributed by atoms with Gasteiger partial charge in [-0.3, -0.25) is 10.1 Å². The molecule has 1 aromatic heterocycles. The zero-order valence-corrected chi connectivity index (χ0v) is 19.1. The van der Waals surface area contributed by atoms with Crippen LogP contribution in [0, 0.1) is 10.1 Å². The van der Waals surface area contributed by atoms with Gasteiger partial charge >= 0.3 is 5.69 Å². The summed E-state index contributed by atoms with van der Waals surface area (Å²) in [5.41, 5.74) is 2.11. The molecule has 0 saturated carbocycles. The van der Waals surface area contributed by atoms with Crippen molar-refractivity contribution < 1.29 is 14.4 Å². The fourth-order valence-electron chi connectivity index (χ4n) is 3.27. The van der Waals surface area contributed by atoms with Gasteiger partial charge in [-0.1, -0.05) is 36.4 Å². The minimum absolute atomic E-state index is 0.0545. The van der Waals surface area contributed by atoms with E-state index in [9.17, 15) is 10.1 Å². The molecular weight excluding hydrogens is 446 g/mol. The Balaban J connectivity index is 1.76. The van der Waals surface area contributed by atoms with Gasteiger partial charge in [0.05, 0.1) is 19.1 Å². The number of hydrogen-bond acceptors (Lipinski definition) is 8. The molecule has 3 aromatic carbocycles. The summed E-state index contributed by atoms with van der Waals surface area (Å²) in [4.78, 5) is 20.4. The number of nitrogens with zero attached hydrogens (tertiary/aromatic N) is 3. The van der Waals surface area contributed by atoms with Crippen LogP contribution in [-0.2, 0) is 0 Å². The standard InChI is InChI=1S/C26H23N5O4/c1-34-21-13-9-19(10-14-21)27-25-24(31(32)33)23(17-8-18-6-4-3-5-7-18)29-26(30-25)28-20-11-15-22(35-2)16-12-20/h3-17H,1-2H3,(H2,27,28,29,30)/b17-8+. The summed E-state index contributed by atoms with van der Waals surface area (Å²) in [6.07, 6.45) is 3.37. The van der Waals surface area contributed by atoms with Crippen molar-refractivity contribution in [1.29, 1.82) is 0 Å². The van der Waals surface area contributed by atoms with Gasteiger partial charge in [-0.2, -0.15) is 4.98 Å². The Morgan fingerprint density at radius 3 is 1.89 bits per heavy atom. The maximum atomic E-state index is 12.1. The number of nitro groups is 1. The number of ether oxygens (including phenoxy) is 2. The van der Waals surface area contributed by atoms with Crippen LogP contribution in [0.1, 0.15) is 11.3 Å². The number of nitrogens with one attached hydrogen (secondary N) is 2. The monoisotopic (exact) mass is 469 g/mol. The Labute approximate surface area is 202 Å². The third-order valence-electron chi connectivity index (χ3n) is 5.03. The van der Waals surface area contributed by atoms with Crippen LogP contribution in [0.25, 0.3) is 12.2 Å². The predicted molar refractivity (Wildman–Crippen MR) is 137 cm³/mol. The van der Waals surface area contributed by atoms with Crippen LogP contribution in [0.2, 0.25) is 0 Å². The molecule has 0 saturated heterocycles. The molecule has 2 N–H and O–H groups in total. The summed E-state index contributed by atoms with van der Waals surface area (Å²) in [5, 5.41) is 18.2. The number of hydrogen-bond donors (Lipinski definition) is 2. The van der Waals surface area contributed by atoms with Gasteiger partial charge in [0.1, 0.15) is 17.2 Å². The van der Waals surface area contributed by atoms with Crippen molar-refractivity contribution in [2.24, 2.45) is 0 Å². The van der Waals surface area contributed by atoms with Crippen LogP contribution >= 0.6 is 0 Å². The molecule has 0 aliphatic rings. The molecule has 9 nitrogen and oxygen atoms in total. The van der Waals surface area contributed by atoms with E-state index in [1.165, 1.54) is 0 Å². The average Bonchev–Trinajstić information content (AvgIpc) is 2.88. The highest BCUT2D eigenvalue weighted by molar-refractivity contribution is 5.79. The predicted octanol–water partition coefficient (Wildman–Crippen LogP) is 6.06. The molecule has 9 heteroatoms.